The minimum atomic E-state index is 0.348. The fourth-order valence-electron chi connectivity index (χ4n) is 3.77. The van der Waals surface area contributed by atoms with Crippen molar-refractivity contribution in [1.82, 2.24) is 9.88 Å². The lowest BCUT2D eigenvalue weighted by Crippen LogP contribution is -2.58. The fraction of sp³-hybridized carbons (Fsp3) is 0.450. The van der Waals surface area contributed by atoms with Crippen LogP contribution < -0.4 is 4.74 Å². The van der Waals surface area contributed by atoms with Crippen LogP contribution >= 0.6 is 11.8 Å². The predicted octanol–water partition coefficient (Wildman–Crippen LogP) is 3.37. The molecule has 1 spiro atoms. The Morgan fingerprint density at radius 1 is 1.20 bits per heavy atom. The number of likely N-dealkylation sites (tertiary alicyclic amines) is 1. The van der Waals surface area contributed by atoms with E-state index < -0.39 is 0 Å². The van der Waals surface area contributed by atoms with Crippen molar-refractivity contribution >= 4 is 11.8 Å². The first-order chi connectivity index (χ1) is 12.3. The van der Waals surface area contributed by atoms with Crippen LogP contribution in [0.25, 0.3) is 0 Å². The molecule has 4 nitrogen and oxygen atoms in total. The van der Waals surface area contributed by atoms with E-state index in [9.17, 15) is 0 Å². The minimum Gasteiger partial charge on any atom is -0.496 e. The van der Waals surface area contributed by atoms with Crippen LogP contribution in [0.1, 0.15) is 17.7 Å². The predicted molar refractivity (Wildman–Crippen MR) is 101 cm³/mol. The van der Waals surface area contributed by atoms with Crippen LogP contribution in [0.5, 0.6) is 5.75 Å². The third-order valence-electron chi connectivity index (χ3n) is 4.98. The van der Waals surface area contributed by atoms with Gasteiger partial charge < -0.3 is 9.47 Å². The summed E-state index contributed by atoms with van der Waals surface area (Å²) in [5.74, 6) is 2.08. The second kappa shape index (κ2) is 7.36. The number of para-hydroxylation sites is 1. The van der Waals surface area contributed by atoms with Crippen LogP contribution in [-0.4, -0.2) is 46.7 Å². The number of pyridine rings is 1. The molecular formula is C20H24N2O2S. The number of aromatic nitrogens is 1. The molecular weight excluding hydrogens is 332 g/mol. The number of hydrogen-bond acceptors (Lipinski definition) is 5. The van der Waals surface area contributed by atoms with Gasteiger partial charge in [0.1, 0.15) is 5.75 Å². The Kier molecular flexibility index (Phi) is 4.97. The lowest BCUT2D eigenvalue weighted by atomic mass is 9.92. The van der Waals surface area contributed by atoms with E-state index in [1.54, 1.807) is 7.11 Å². The second-order valence-corrected chi connectivity index (χ2v) is 8.40. The Balaban J connectivity index is 1.26. The first-order valence-electron chi connectivity index (χ1n) is 8.76. The maximum atomic E-state index is 6.09. The molecule has 0 amide bonds. The molecule has 4 rings (SSSR count). The van der Waals surface area contributed by atoms with Crippen LogP contribution in [0.3, 0.4) is 0 Å². The first-order valence-corrected chi connectivity index (χ1v) is 9.75. The quantitative estimate of drug-likeness (QED) is 0.793. The summed E-state index contributed by atoms with van der Waals surface area (Å²) in [4.78, 5) is 6.84. The molecule has 0 aliphatic carbocycles. The Morgan fingerprint density at radius 3 is 2.84 bits per heavy atom. The highest BCUT2D eigenvalue weighted by Gasteiger charge is 2.49. The van der Waals surface area contributed by atoms with Gasteiger partial charge in [-0.3, -0.25) is 9.88 Å². The second-order valence-electron chi connectivity index (χ2n) is 6.91. The highest BCUT2D eigenvalue weighted by molar-refractivity contribution is 8.01. The largest absolute Gasteiger partial charge is 0.496 e. The molecule has 0 bridgehead atoms. The van der Waals surface area contributed by atoms with Gasteiger partial charge in [0.25, 0.3) is 0 Å². The van der Waals surface area contributed by atoms with Crippen molar-refractivity contribution in [1.29, 1.82) is 0 Å². The lowest BCUT2D eigenvalue weighted by molar-refractivity contribution is 0.0249. The van der Waals surface area contributed by atoms with E-state index in [-0.39, 0.29) is 0 Å². The summed E-state index contributed by atoms with van der Waals surface area (Å²) >= 11 is 2.08. The van der Waals surface area contributed by atoms with Gasteiger partial charge in [0.05, 0.1) is 25.5 Å². The number of thioether (sulfide) groups is 1. The average molecular weight is 356 g/mol. The van der Waals surface area contributed by atoms with Crippen molar-refractivity contribution in [2.24, 2.45) is 0 Å². The average Bonchev–Trinajstić information content (AvgIpc) is 3.05. The van der Waals surface area contributed by atoms with Gasteiger partial charge in [-0.15, -0.1) is 11.8 Å². The van der Waals surface area contributed by atoms with E-state index in [2.05, 4.69) is 33.8 Å². The summed E-state index contributed by atoms with van der Waals surface area (Å²) in [7, 11) is 1.74. The van der Waals surface area contributed by atoms with Crippen LogP contribution in [0.15, 0.2) is 48.7 Å². The number of ether oxygens (including phenoxy) is 2. The van der Waals surface area contributed by atoms with Gasteiger partial charge in [-0.25, -0.2) is 0 Å². The molecule has 132 valence electrons. The maximum Gasteiger partial charge on any atom is 0.123 e. The molecule has 2 aromatic rings. The highest BCUT2D eigenvalue weighted by atomic mass is 32.2. The maximum absolute atomic E-state index is 6.09. The van der Waals surface area contributed by atoms with E-state index in [1.807, 2.05) is 36.5 Å². The number of hydrogen-bond donors (Lipinski definition) is 0. The SMILES string of the molecule is COc1ccccc1CN1CC2(C[C@H](OCc3ccccn3)CS2)C1. The molecule has 1 aromatic heterocycles. The van der Waals surface area contributed by atoms with Gasteiger partial charge in [0, 0.05) is 41.9 Å². The van der Waals surface area contributed by atoms with E-state index in [4.69, 9.17) is 9.47 Å². The van der Waals surface area contributed by atoms with E-state index in [0.29, 0.717) is 17.5 Å². The van der Waals surface area contributed by atoms with Gasteiger partial charge in [-0.05, 0) is 24.6 Å². The molecule has 0 N–H and O–H groups in total. The highest BCUT2D eigenvalue weighted by Crippen LogP contribution is 2.46. The minimum absolute atomic E-state index is 0.348. The number of rotatable bonds is 6. The molecule has 0 radical (unpaired) electrons. The molecule has 2 fully saturated rings. The normalized spacial score (nSPS) is 22.0. The van der Waals surface area contributed by atoms with Crippen LogP contribution in [-0.2, 0) is 17.9 Å². The Bertz CT molecular complexity index is 704. The molecule has 2 saturated heterocycles. The molecule has 0 saturated carbocycles. The van der Waals surface area contributed by atoms with Gasteiger partial charge >= 0.3 is 0 Å². The molecule has 25 heavy (non-hydrogen) atoms. The summed E-state index contributed by atoms with van der Waals surface area (Å²) < 4.78 is 11.9. The molecule has 3 heterocycles. The zero-order valence-corrected chi connectivity index (χ0v) is 15.4. The molecule has 5 heteroatoms. The zero-order chi connectivity index (χ0) is 17.1. The number of nitrogens with zero attached hydrogens (tertiary/aromatic N) is 2. The molecule has 2 aliphatic rings. The van der Waals surface area contributed by atoms with Crippen LogP contribution in [0, 0.1) is 0 Å². The van der Waals surface area contributed by atoms with Crippen molar-refractivity contribution in [2.75, 3.05) is 26.0 Å². The Hall–Kier alpha value is -1.56. The smallest absolute Gasteiger partial charge is 0.123 e. The Labute approximate surface area is 153 Å². The lowest BCUT2D eigenvalue weighted by Gasteiger charge is -2.47. The van der Waals surface area contributed by atoms with Crippen molar-refractivity contribution in [2.45, 2.75) is 30.4 Å². The molecule has 2 aliphatic heterocycles. The monoisotopic (exact) mass is 356 g/mol. The van der Waals surface area contributed by atoms with Crippen molar-refractivity contribution in [3.63, 3.8) is 0 Å². The van der Waals surface area contributed by atoms with E-state index in [0.717, 1.165) is 43.3 Å². The van der Waals surface area contributed by atoms with E-state index in [1.165, 1.54) is 5.56 Å². The summed E-state index contributed by atoms with van der Waals surface area (Å²) in [5, 5.41) is 0. The summed E-state index contributed by atoms with van der Waals surface area (Å²) in [6.45, 7) is 3.86. The molecule has 0 unspecified atom stereocenters. The van der Waals surface area contributed by atoms with Gasteiger partial charge in [-0.1, -0.05) is 24.3 Å². The standard InChI is InChI=1S/C20H24N2O2S/c1-23-19-8-3-2-6-16(19)11-22-14-20(15-22)10-18(13-25-20)24-12-17-7-4-5-9-21-17/h2-9,18H,10-15H2,1H3/t18-/m0/s1. The summed E-state index contributed by atoms with van der Waals surface area (Å²) in [6, 6.07) is 14.3. The van der Waals surface area contributed by atoms with Crippen molar-refractivity contribution in [3.05, 3.63) is 59.9 Å². The fourth-order valence-corrected chi connectivity index (χ4v) is 5.38. The topological polar surface area (TPSA) is 34.6 Å². The molecule has 1 atom stereocenters. The molecule has 1 aromatic carbocycles. The number of benzene rings is 1. The summed E-state index contributed by atoms with van der Waals surface area (Å²) in [5.41, 5.74) is 2.28. The van der Waals surface area contributed by atoms with Gasteiger partial charge in [0.2, 0.25) is 0 Å². The Morgan fingerprint density at radius 2 is 2.04 bits per heavy atom. The third kappa shape index (κ3) is 3.84. The number of methoxy groups -OCH3 is 1. The first kappa shape index (κ1) is 16.9. The van der Waals surface area contributed by atoms with Crippen molar-refractivity contribution in [3.8, 4) is 5.75 Å². The van der Waals surface area contributed by atoms with Crippen LogP contribution in [0.2, 0.25) is 0 Å². The van der Waals surface area contributed by atoms with Crippen molar-refractivity contribution < 1.29 is 9.47 Å². The van der Waals surface area contributed by atoms with Crippen LogP contribution in [0.4, 0.5) is 0 Å². The third-order valence-corrected chi connectivity index (χ3v) is 6.55. The zero-order valence-electron chi connectivity index (χ0n) is 14.6. The summed E-state index contributed by atoms with van der Waals surface area (Å²) in [6.07, 6.45) is 3.32. The van der Waals surface area contributed by atoms with Gasteiger partial charge in [-0.2, -0.15) is 0 Å². The van der Waals surface area contributed by atoms with Gasteiger partial charge in [0.15, 0.2) is 0 Å². The van der Waals surface area contributed by atoms with E-state index >= 15 is 0 Å².